The van der Waals surface area contributed by atoms with Crippen molar-refractivity contribution in [1.82, 2.24) is 19.5 Å². The molecule has 0 amide bonds. The molecule has 0 N–H and O–H groups in total. The molecule has 1 aliphatic carbocycles. The standard InChI is InChI=1S/C47H33N5/c1-4-16-33(17-5-1)45-48-46(34-18-6-2-7-19-34)50-47(49-45)36-20-14-23-38(29-36)52-42-26-13-11-24-39(42)40-30-35-28-27-32-15-10-12-25-41(32)51(43(35)31-44(40)52)37-21-8-3-9-22-37/h1-11,13-24,26-31H,12,25H2. The van der Waals surface area contributed by atoms with Crippen molar-refractivity contribution in [2.75, 3.05) is 4.90 Å². The molecule has 0 radical (unpaired) electrons. The first-order valence-electron chi connectivity index (χ1n) is 17.8. The molecule has 0 bridgehead atoms. The van der Waals surface area contributed by atoms with Crippen LogP contribution < -0.4 is 4.90 Å². The highest BCUT2D eigenvalue weighted by Gasteiger charge is 2.25. The fourth-order valence-electron chi connectivity index (χ4n) is 7.61. The second kappa shape index (κ2) is 12.5. The highest BCUT2D eigenvalue weighted by Crippen LogP contribution is 2.44. The third kappa shape index (κ3) is 5.14. The van der Waals surface area contributed by atoms with E-state index < -0.39 is 0 Å². The summed E-state index contributed by atoms with van der Waals surface area (Å²) in [4.78, 5) is 17.5. The molecule has 0 spiro atoms. The predicted octanol–water partition coefficient (Wildman–Crippen LogP) is 11.7. The molecular weight excluding hydrogens is 635 g/mol. The van der Waals surface area contributed by atoms with Gasteiger partial charge < -0.3 is 9.47 Å². The molecule has 2 aromatic heterocycles. The van der Waals surface area contributed by atoms with Crippen LogP contribution in [0.15, 0.2) is 181 Å². The number of benzene rings is 6. The van der Waals surface area contributed by atoms with Crippen LogP contribution in [0.2, 0.25) is 0 Å². The highest BCUT2D eigenvalue weighted by atomic mass is 15.2. The van der Waals surface area contributed by atoms with Crippen LogP contribution in [0.25, 0.3) is 67.7 Å². The van der Waals surface area contributed by atoms with E-state index in [1.165, 1.54) is 33.3 Å². The maximum Gasteiger partial charge on any atom is 0.164 e. The second-order valence-electron chi connectivity index (χ2n) is 13.2. The number of nitrogens with zero attached hydrogens (tertiary/aromatic N) is 5. The van der Waals surface area contributed by atoms with Crippen molar-refractivity contribution in [3.05, 3.63) is 187 Å². The van der Waals surface area contributed by atoms with E-state index in [1.807, 2.05) is 60.7 Å². The van der Waals surface area contributed by atoms with Crippen molar-refractivity contribution in [1.29, 1.82) is 0 Å². The van der Waals surface area contributed by atoms with Crippen LogP contribution >= 0.6 is 0 Å². The summed E-state index contributed by atoms with van der Waals surface area (Å²) in [5, 5.41) is 2.43. The summed E-state index contributed by atoms with van der Waals surface area (Å²) in [6.07, 6.45) is 11.1. The number of hydrogen-bond donors (Lipinski definition) is 0. The Labute approximate surface area is 302 Å². The number of anilines is 2. The van der Waals surface area contributed by atoms with Gasteiger partial charge >= 0.3 is 0 Å². The van der Waals surface area contributed by atoms with Gasteiger partial charge in [0.25, 0.3) is 0 Å². The first-order chi connectivity index (χ1) is 25.8. The lowest BCUT2D eigenvalue weighted by molar-refractivity contribution is 0.907. The van der Waals surface area contributed by atoms with E-state index in [4.69, 9.17) is 15.0 Å². The molecule has 5 heteroatoms. The van der Waals surface area contributed by atoms with Gasteiger partial charge in [-0.2, -0.15) is 0 Å². The number of rotatable bonds is 5. The summed E-state index contributed by atoms with van der Waals surface area (Å²) in [7, 11) is 0. The number of hydrogen-bond acceptors (Lipinski definition) is 4. The van der Waals surface area contributed by atoms with Gasteiger partial charge in [0.1, 0.15) is 0 Å². The van der Waals surface area contributed by atoms with Gasteiger partial charge in [-0.25, -0.2) is 15.0 Å². The molecule has 0 unspecified atom stereocenters. The van der Waals surface area contributed by atoms with Gasteiger partial charge in [0, 0.05) is 44.5 Å². The Hall–Kier alpha value is -6.85. The Bertz CT molecular complexity index is 2670. The summed E-state index contributed by atoms with van der Waals surface area (Å²) in [5.74, 6) is 1.93. The van der Waals surface area contributed by atoms with Crippen LogP contribution in [0.3, 0.4) is 0 Å². The molecule has 0 saturated carbocycles. The van der Waals surface area contributed by atoms with E-state index in [0.29, 0.717) is 17.5 Å². The molecule has 10 rings (SSSR count). The molecule has 3 heterocycles. The topological polar surface area (TPSA) is 46.8 Å². The maximum atomic E-state index is 5.04. The average molecular weight is 668 g/mol. The lowest BCUT2D eigenvalue weighted by atomic mass is 10.0. The molecule has 52 heavy (non-hydrogen) atoms. The van der Waals surface area contributed by atoms with E-state index in [9.17, 15) is 0 Å². The fraction of sp³-hybridized carbons (Fsp3) is 0.0426. The third-order valence-corrected chi connectivity index (χ3v) is 10.0. The molecule has 1 aliphatic heterocycles. The van der Waals surface area contributed by atoms with E-state index in [1.54, 1.807) is 0 Å². The van der Waals surface area contributed by atoms with E-state index in [-0.39, 0.29) is 0 Å². The van der Waals surface area contributed by atoms with Crippen LogP contribution in [0.5, 0.6) is 0 Å². The molecule has 246 valence electrons. The minimum Gasteiger partial charge on any atom is -0.313 e. The number of allylic oxidation sites excluding steroid dienone is 5. The normalized spacial score (nSPS) is 13.7. The van der Waals surface area contributed by atoms with Gasteiger partial charge in [-0.1, -0.05) is 133 Å². The van der Waals surface area contributed by atoms with Gasteiger partial charge in [0.2, 0.25) is 0 Å². The Morgan fingerprint density at radius 1 is 0.462 bits per heavy atom. The Balaban J connectivity index is 1.19. The summed E-state index contributed by atoms with van der Waals surface area (Å²) in [6.45, 7) is 0. The zero-order valence-electron chi connectivity index (χ0n) is 28.4. The third-order valence-electron chi connectivity index (χ3n) is 10.0. The molecule has 0 atom stereocenters. The zero-order chi connectivity index (χ0) is 34.4. The van der Waals surface area contributed by atoms with E-state index in [0.717, 1.165) is 51.9 Å². The zero-order valence-corrected chi connectivity index (χ0v) is 28.4. The highest BCUT2D eigenvalue weighted by molar-refractivity contribution is 6.11. The monoisotopic (exact) mass is 667 g/mol. The minimum absolute atomic E-state index is 0.634. The number of aromatic nitrogens is 4. The van der Waals surface area contributed by atoms with Crippen molar-refractivity contribution in [3.8, 4) is 39.9 Å². The van der Waals surface area contributed by atoms with Crippen molar-refractivity contribution in [3.63, 3.8) is 0 Å². The number of fused-ring (bicyclic) bond motifs is 4. The first kappa shape index (κ1) is 30.0. The predicted molar refractivity (Wildman–Crippen MR) is 213 cm³/mol. The Morgan fingerprint density at radius 3 is 1.81 bits per heavy atom. The van der Waals surface area contributed by atoms with Gasteiger partial charge in [-0.3, -0.25) is 0 Å². The first-order valence-corrected chi connectivity index (χ1v) is 17.8. The molecule has 6 aromatic carbocycles. The second-order valence-corrected chi connectivity index (χ2v) is 13.2. The maximum absolute atomic E-state index is 5.04. The lowest BCUT2D eigenvalue weighted by Crippen LogP contribution is -2.19. The molecular formula is C47H33N5. The van der Waals surface area contributed by atoms with Gasteiger partial charge in [0.15, 0.2) is 17.5 Å². The molecule has 5 nitrogen and oxygen atoms in total. The summed E-state index contributed by atoms with van der Waals surface area (Å²) in [6, 6.07) is 53.1. The molecule has 8 aromatic rings. The minimum atomic E-state index is 0.634. The van der Waals surface area contributed by atoms with Crippen LogP contribution in [-0.2, 0) is 0 Å². The smallest absolute Gasteiger partial charge is 0.164 e. The molecule has 0 fully saturated rings. The van der Waals surface area contributed by atoms with Crippen molar-refractivity contribution >= 4 is 39.3 Å². The average Bonchev–Trinajstić information content (AvgIpc) is 3.44. The van der Waals surface area contributed by atoms with Gasteiger partial charge in [-0.05, 0) is 66.4 Å². The quantitative estimate of drug-likeness (QED) is 0.183. The van der Waals surface area contributed by atoms with Crippen molar-refractivity contribution in [2.45, 2.75) is 12.8 Å². The van der Waals surface area contributed by atoms with Crippen LogP contribution in [0, 0.1) is 0 Å². The molecule has 0 saturated heterocycles. The van der Waals surface area contributed by atoms with Gasteiger partial charge in [-0.15, -0.1) is 0 Å². The van der Waals surface area contributed by atoms with Crippen LogP contribution in [-0.4, -0.2) is 19.5 Å². The summed E-state index contributed by atoms with van der Waals surface area (Å²) >= 11 is 0. The Morgan fingerprint density at radius 2 is 1.08 bits per heavy atom. The SMILES string of the molecule is C1=CC2=C(CC1)N(c1ccccc1)c1cc3c(cc1C=C2)c1ccccc1n3-c1cccc(-c2nc(-c3ccccc3)nc(-c3ccccc3)n2)c1. The van der Waals surface area contributed by atoms with Crippen LogP contribution in [0.1, 0.15) is 18.4 Å². The summed E-state index contributed by atoms with van der Waals surface area (Å²) < 4.78 is 2.39. The molecule has 2 aliphatic rings. The van der Waals surface area contributed by atoms with Gasteiger partial charge in [0.05, 0.1) is 16.7 Å². The van der Waals surface area contributed by atoms with E-state index >= 15 is 0 Å². The Kier molecular flexibility index (Phi) is 7.21. The largest absolute Gasteiger partial charge is 0.313 e. The van der Waals surface area contributed by atoms with Crippen LogP contribution in [0.4, 0.5) is 11.4 Å². The van der Waals surface area contributed by atoms with E-state index in [2.05, 4.69) is 125 Å². The lowest BCUT2D eigenvalue weighted by Gasteiger charge is -2.30. The summed E-state index contributed by atoms with van der Waals surface area (Å²) in [5.41, 5.74) is 12.3. The number of para-hydroxylation sites is 2. The fourth-order valence-corrected chi connectivity index (χ4v) is 7.61. The van der Waals surface area contributed by atoms with Crippen molar-refractivity contribution in [2.24, 2.45) is 0 Å². The van der Waals surface area contributed by atoms with Crippen molar-refractivity contribution < 1.29 is 0 Å².